The summed E-state index contributed by atoms with van der Waals surface area (Å²) < 4.78 is 0. The third-order valence-electron chi connectivity index (χ3n) is 4.35. The van der Waals surface area contributed by atoms with Crippen molar-refractivity contribution in [3.63, 3.8) is 0 Å². The van der Waals surface area contributed by atoms with Gasteiger partial charge < -0.3 is 5.32 Å². The van der Waals surface area contributed by atoms with Crippen molar-refractivity contribution in [1.82, 2.24) is 15.3 Å². The molecule has 2 aliphatic heterocycles. The number of halogens is 1. The van der Waals surface area contributed by atoms with E-state index in [1.807, 2.05) is 6.07 Å². The van der Waals surface area contributed by atoms with Gasteiger partial charge in [-0.1, -0.05) is 23.4 Å². The van der Waals surface area contributed by atoms with Crippen LogP contribution in [0.25, 0.3) is 0 Å². The molecule has 1 atom stereocenters. The molecule has 0 saturated carbocycles. The van der Waals surface area contributed by atoms with Gasteiger partial charge in [-0.15, -0.1) is 0 Å². The Morgan fingerprint density at radius 3 is 3.08 bits per heavy atom. The number of amides is 2. The van der Waals surface area contributed by atoms with Crippen LogP contribution in [0.2, 0.25) is 5.02 Å². The molecule has 6 nitrogen and oxygen atoms in total. The Morgan fingerprint density at radius 1 is 1.44 bits per heavy atom. The number of benzene rings is 1. The Labute approximate surface area is 154 Å². The first-order valence-corrected chi connectivity index (χ1v) is 9.07. The van der Waals surface area contributed by atoms with Crippen LogP contribution in [0.3, 0.4) is 0 Å². The lowest BCUT2D eigenvalue weighted by molar-refractivity contribution is -0.125. The maximum atomic E-state index is 13.0. The number of hydrogen-bond acceptors (Lipinski definition) is 5. The van der Waals surface area contributed by atoms with E-state index in [2.05, 4.69) is 15.3 Å². The quantitative estimate of drug-likeness (QED) is 0.893. The summed E-state index contributed by atoms with van der Waals surface area (Å²) in [6.07, 6.45) is 2.48. The zero-order valence-electron chi connectivity index (χ0n) is 13.5. The lowest BCUT2D eigenvalue weighted by Gasteiger charge is -2.29. The van der Waals surface area contributed by atoms with E-state index in [9.17, 15) is 9.59 Å². The number of anilines is 1. The van der Waals surface area contributed by atoms with Crippen LogP contribution in [0.15, 0.2) is 35.4 Å². The highest BCUT2D eigenvalue weighted by Gasteiger charge is 2.57. The second-order valence-electron chi connectivity index (χ2n) is 6.01. The number of aromatic nitrogens is 2. The molecule has 25 heavy (non-hydrogen) atoms. The Morgan fingerprint density at radius 2 is 2.28 bits per heavy atom. The second-order valence-corrected chi connectivity index (χ2v) is 7.76. The summed E-state index contributed by atoms with van der Waals surface area (Å²) in [6, 6.07) is 7.14. The summed E-state index contributed by atoms with van der Waals surface area (Å²) in [5.74, 6) is 0.411. The lowest BCUT2D eigenvalue weighted by Crippen LogP contribution is -2.52. The van der Waals surface area contributed by atoms with Crippen LogP contribution in [0.4, 0.5) is 5.69 Å². The molecule has 2 amide bonds. The van der Waals surface area contributed by atoms with Crippen molar-refractivity contribution in [2.75, 3.05) is 4.90 Å². The molecule has 1 saturated heterocycles. The van der Waals surface area contributed by atoms with Crippen molar-refractivity contribution < 1.29 is 9.59 Å². The molecular weight excluding hydrogens is 360 g/mol. The van der Waals surface area contributed by atoms with Gasteiger partial charge in [-0.2, -0.15) is 0 Å². The number of thioether (sulfide) groups is 1. The predicted octanol–water partition coefficient (Wildman–Crippen LogP) is 2.68. The zero-order chi connectivity index (χ0) is 17.6. The Balaban J connectivity index is 1.60. The van der Waals surface area contributed by atoms with Crippen LogP contribution in [0.5, 0.6) is 0 Å². The number of hydrogen-bond donors (Lipinski definition) is 1. The lowest BCUT2D eigenvalue weighted by atomic mass is 10.2. The van der Waals surface area contributed by atoms with E-state index in [0.717, 1.165) is 10.6 Å². The van der Waals surface area contributed by atoms with E-state index in [1.165, 1.54) is 11.8 Å². The largest absolute Gasteiger partial charge is 0.348 e. The fourth-order valence-corrected chi connectivity index (χ4v) is 4.82. The Bertz CT molecular complexity index is 891. The van der Waals surface area contributed by atoms with Gasteiger partial charge >= 0.3 is 0 Å². The van der Waals surface area contributed by atoms with E-state index in [1.54, 1.807) is 36.2 Å². The maximum Gasteiger partial charge on any atom is 0.257 e. The standard InChI is InChI=1S/C17H15ClN4O2S/c1-10-19-7-5-12(21-10)9-20-16(24)17-6-4-15(23)22(17)13-8-11(18)2-3-14(13)25-17/h2-3,5,7-8H,4,6,9H2,1H3,(H,20,24)/t17-/m1/s1. The molecule has 1 N–H and O–H groups in total. The molecule has 0 unspecified atom stereocenters. The first kappa shape index (κ1) is 16.4. The third-order valence-corrected chi connectivity index (χ3v) is 6.06. The van der Waals surface area contributed by atoms with Crippen molar-refractivity contribution >= 4 is 40.9 Å². The molecule has 4 rings (SSSR count). The molecule has 3 heterocycles. The fraction of sp³-hybridized carbons (Fsp3) is 0.294. The summed E-state index contributed by atoms with van der Waals surface area (Å²) in [5.41, 5.74) is 1.45. The van der Waals surface area contributed by atoms with E-state index in [0.29, 0.717) is 35.9 Å². The Hall–Kier alpha value is -2.12. The Kier molecular flexibility index (Phi) is 3.92. The maximum absolute atomic E-state index is 13.0. The van der Waals surface area contributed by atoms with Gasteiger partial charge in [-0.25, -0.2) is 9.97 Å². The highest BCUT2D eigenvalue weighted by Crippen LogP contribution is 2.56. The molecule has 2 aromatic rings. The van der Waals surface area contributed by atoms with Gasteiger partial charge in [-0.05, 0) is 37.6 Å². The van der Waals surface area contributed by atoms with E-state index >= 15 is 0 Å². The van der Waals surface area contributed by atoms with Gasteiger partial charge in [0.05, 0.1) is 17.9 Å². The number of rotatable bonds is 3. The zero-order valence-corrected chi connectivity index (χ0v) is 15.0. The number of nitrogens with zero attached hydrogens (tertiary/aromatic N) is 3. The first-order valence-electron chi connectivity index (χ1n) is 7.88. The number of carbonyl (C=O) groups is 2. The highest BCUT2D eigenvalue weighted by molar-refractivity contribution is 8.02. The molecule has 128 valence electrons. The summed E-state index contributed by atoms with van der Waals surface area (Å²) in [7, 11) is 0. The van der Waals surface area contributed by atoms with Crippen molar-refractivity contribution in [1.29, 1.82) is 0 Å². The second kappa shape index (κ2) is 6.00. The van der Waals surface area contributed by atoms with Crippen LogP contribution in [-0.2, 0) is 16.1 Å². The van der Waals surface area contributed by atoms with E-state index in [-0.39, 0.29) is 11.8 Å². The monoisotopic (exact) mass is 374 g/mol. The SMILES string of the molecule is Cc1nccc(CNC(=O)[C@]23CCC(=O)N2c2cc(Cl)ccc2S3)n1. The summed E-state index contributed by atoms with van der Waals surface area (Å²) in [4.78, 5) is 35.3. The molecule has 0 radical (unpaired) electrons. The fourth-order valence-electron chi connectivity index (χ4n) is 3.23. The molecule has 0 bridgehead atoms. The molecule has 1 aromatic heterocycles. The van der Waals surface area contributed by atoms with Gasteiger partial charge in [0.2, 0.25) is 5.91 Å². The van der Waals surface area contributed by atoms with Gasteiger partial charge in [-0.3, -0.25) is 14.5 Å². The van der Waals surface area contributed by atoms with Crippen molar-refractivity contribution in [3.05, 3.63) is 47.0 Å². The van der Waals surface area contributed by atoms with Gasteiger partial charge in [0.1, 0.15) is 5.82 Å². The van der Waals surface area contributed by atoms with Gasteiger partial charge in [0.25, 0.3) is 5.91 Å². The van der Waals surface area contributed by atoms with E-state index < -0.39 is 4.87 Å². The van der Waals surface area contributed by atoms with Crippen molar-refractivity contribution in [3.8, 4) is 0 Å². The third kappa shape index (κ3) is 2.67. The summed E-state index contributed by atoms with van der Waals surface area (Å²) in [6.45, 7) is 2.10. The molecule has 0 aliphatic carbocycles. The molecule has 1 fully saturated rings. The van der Waals surface area contributed by atoms with Crippen LogP contribution >= 0.6 is 23.4 Å². The predicted molar refractivity (Wildman–Crippen MR) is 95.4 cm³/mol. The minimum atomic E-state index is -0.938. The molecule has 0 spiro atoms. The van der Waals surface area contributed by atoms with Crippen LogP contribution in [0.1, 0.15) is 24.4 Å². The molecule has 2 aliphatic rings. The van der Waals surface area contributed by atoms with E-state index in [4.69, 9.17) is 11.6 Å². The molecular formula is C17H15ClN4O2S. The van der Waals surface area contributed by atoms with Gasteiger partial charge in [0, 0.05) is 22.5 Å². The average Bonchev–Trinajstić information content (AvgIpc) is 3.09. The molecule has 1 aromatic carbocycles. The van der Waals surface area contributed by atoms with Crippen LogP contribution < -0.4 is 10.2 Å². The van der Waals surface area contributed by atoms with Crippen molar-refractivity contribution in [2.24, 2.45) is 0 Å². The van der Waals surface area contributed by atoms with Gasteiger partial charge in [0.15, 0.2) is 4.87 Å². The minimum absolute atomic E-state index is 0.0541. The number of nitrogens with one attached hydrogen (secondary N) is 1. The average molecular weight is 375 g/mol. The van der Waals surface area contributed by atoms with Crippen LogP contribution in [-0.4, -0.2) is 26.7 Å². The van der Waals surface area contributed by atoms with Crippen LogP contribution in [0, 0.1) is 6.92 Å². The molecule has 8 heteroatoms. The highest BCUT2D eigenvalue weighted by atomic mass is 35.5. The number of aryl methyl sites for hydroxylation is 1. The normalized spacial score (nSPS) is 21.2. The van der Waals surface area contributed by atoms with Crippen molar-refractivity contribution in [2.45, 2.75) is 36.1 Å². The minimum Gasteiger partial charge on any atom is -0.348 e. The number of fused-ring (bicyclic) bond motifs is 3. The summed E-state index contributed by atoms with van der Waals surface area (Å²) in [5, 5.41) is 3.47. The smallest absolute Gasteiger partial charge is 0.257 e. The number of carbonyl (C=O) groups excluding carboxylic acids is 2. The topological polar surface area (TPSA) is 75.2 Å². The summed E-state index contributed by atoms with van der Waals surface area (Å²) >= 11 is 7.50. The first-order chi connectivity index (χ1) is 12.0.